The third-order valence-electron chi connectivity index (χ3n) is 4.69. The lowest BCUT2D eigenvalue weighted by molar-refractivity contribution is -0.141. The van der Waals surface area contributed by atoms with Crippen LogP contribution < -0.4 is 0 Å². The van der Waals surface area contributed by atoms with Crippen molar-refractivity contribution in [1.29, 1.82) is 0 Å². The number of likely N-dealkylation sites (tertiary alicyclic amines) is 1. The molecule has 4 nitrogen and oxygen atoms in total. The van der Waals surface area contributed by atoms with E-state index < -0.39 is 0 Å². The van der Waals surface area contributed by atoms with Gasteiger partial charge in [-0.25, -0.2) is 0 Å². The number of amides is 2. The molecule has 2 aliphatic carbocycles. The molecular formula is C14H19NO3. The van der Waals surface area contributed by atoms with Gasteiger partial charge in [-0.15, -0.1) is 0 Å². The van der Waals surface area contributed by atoms with Crippen LogP contribution in [-0.4, -0.2) is 35.0 Å². The number of nitrogens with zero attached hydrogens (tertiary/aromatic N) is 1. The van der Waals surface area contributed by atoms with Gasteiger partial charge in [-0.05, 0) is 37.5 Å². The van der Waals surface area contributed by atoms with Gasteiger partial charge < -0.3 is 5.11 Å². The number of fused-ring (bicyclic) bond motifs is 1. The van der Waals surface area contributed by atoms with Crippen LogP contribution in [0.4, 0.5) is 0 Å². The van der Waals surface area contributed by atoms with Crippen LogP contribution >= 0.6 is 0 Å². The summed E-state index contributed by atoms with van der Waals surface area (Å²) < 4.78 is 0. The van der Waals surface area contributed by atoms with Crippen LogP contribution in [0.25, 0.3) is 0 Å². The number of aliphatic hydroxyl groups is 1. The molecule has 3 aliphatic rings. The maximum atomic E-state index is 12.3. The van der Waals surface area contributed by atoms with E-state index in [-0.39, 0.29) is 35.7 Å². The van der Waals surface area contributed by atoms with Crippen molar-refractivity contribution >= 4 is 11.8 Å². The first-order valence-corrected chi connectivity index (χ1v) is 6.78. The molecule has 0 aromatic carbocycles. The predicted molar refractivity (Wildman–Crippen MR) is 65.4 cm³/mol. The van der Waals surface area contributed by atoms with E-state index in [1.165, 1.54) is 4.90 Å². The zero-order valence-corrected chi connectivity index (χ0v) is 10.5. The Morgan fingerprint density at radius 3 is 2.17 bits per heavy atom. The Bertz CT molecular complexity index is 385. The topological polar surface area (TPSA) is 57.6 Å². The fraction of sp³-hybridized carbons (Fsp3) is 0.714. The Balaban J connectivity index is 1.74. The lowest BCUT2D eigenvalue weighted by Crippen LogP contribution is -2.36. The largest absolute Gasteiger partial charge is 0.396 e. The van der Waals surface area contributed by atoms with Crippen molar-refractivity contribution in [2.45, 2.75) is 32.1 Å². The average Bonchev–Trinajstić information content (AvgIpc) is 3.10. The average molecular weight is 249 g/mol. The van der Waals surface area contributed by atoms with Crippen molar-refractivity contribution in [3.8, 4) is 0 Å². The van der Waals surface area contributed by atoms with Gasteiger partial charge in [0.05, 0.1) is 11.8 Å². The standard InChI is InChI=1S/C14H19NO3/c16-8-7-14(5-6-14)9-15-12(17)10-3-1-2-4-11(10)13(15)18/h1-2,10-11,16H,3-9H2/t10-,11+. The molecule has 1 saturated heterocycles. The Morgan fingerprint density at radius 2 is 1.72 bits per heavy atom. The SMILES string of the molecule is O=C1[C@H]2CC=CC[C@H]2C(=O)N1CC1(CCO)CC1. The summed E-state index contributed by atoms with van der Waals surface area (Å²) >= 11 is 0. The molecule has 4 heteroatoms. The minimum absolute atomic E-state index is 0.0126. The molecule has 98 valence electrons. The van der Waals surface area contributed by atoms with Gasteiger partial charge in [-0.1, -0.05) is 12.2 Å². The van der Waals surface area contributed by atoms with Crippen molar-refractivity contribution in [3.63, 3.8) is 0 Å². The minimum atomic E-state index is -0.118. The van der Waals surface area contributed by atoms with Crippen LogP contribution in [0.15, 0.2) is 12.2 Å². The van der Waals surface area contributed by atoms with Crippen LogP contribution in [0.2, 0.25) is 0 Å². The highest BCUT2D eigenvalue weighted by molar-refractivity contribution is 6.05. The molecule has 2 atom stereocenters. The maximum absolute atomic E-state index is 12.3. The normalized spacial score (nSPS) is 32.8. The van der Waals surface area contributed by atoms with E-state index in [0.29, 0.717) is 25.8 Å². The summed E-state index contributed by atoms with van der Waals surface area (Å²) in [5.41, 5.74) is 0.0288. The smallest absolute Gasteiger partial charge is 0.233 e. The highest BCUT2D eigenvalue weighted by atomic mass is 16.3. The van der Waals surface area contributed by atoms with E-state index in [0.717, 1.165) is 12.8 Å². The van der Waals surface area contributed by atoms with Gasteiger partial charge >= 0.3 is 0 Å². The molecule has 2 fully saturated rings. The molecule has 1 aliphatic heterocycles. The second-order valence-electron chi connectivity index (χ2n) is 5.89. The van der Waals surface area contributed by atoms with Crippen molar-refractivity contribution in [1.82, 2.24) is 4.90 Å². The van der Waals surface area contributed by atoms with E-state index in [1.54, 1.807) is 0 Å². The summed E-state index contributed by atoms with van der Waals surface area (Å²) in [5.74, 6) is -0.211. The second kappa shape index (κ2) is 4.19. The van der Waals surface area contributed by atoms with E-state index >= 15 is 0 Å². The molecule has 0 radical (unpaired) electrons. The molecule has 1 saturated carbocycles. The lowest BCUT2D eigenvalue weighted by Gasteiger charge is -2.21. The van der Waals surface area contributed by atoms with E-state index in [2.05, 4.69) is 0 Å². The van der Waals surface area contributed by atoms with Crippen LogP contribution in [0.3, 0.4) is 0 Å². The van der Waals surface area contributed by atoms with Gasteiger partial charge in [0, 0.05) is 13.2 Å². The van der Waals surface area contributed by atoms with E-state index in [9.17, 15) is 9.59 Å². The molecule has 0 bridgehead atoms. The number of carbonyl (C=O) groups excluding carboxylic acids is 2. The van der Waals surface area contributed by atoms with Gasteiger partial charge in [-0.2, -0.15) is 0 Å². The van der Waals surface area contributed by atoms with Crippen LogP contribution in [-0.2, 0) is 9.59 Å². The molecule has 18 heavy (non-hydrogen) atoms. The Kier molecular flexibility index (Phi) is 2.77. The second-order valence-corrected chi connectivity index (χ2v) is 5.89. The monoisotopic (exact) mass is 249 g/mol. The predicted octanol–water partition coefficient (Wildman–Crippen LogP) is 1.10. The summed E-state index contributed by atoms with van der Waals surface area (Å²) in [6.07, 6.45) is 8.19. The Morgan fingerprint density at radius 1 is 1.17 bits per heavy atom. The maximum Gasteiger partial charge on any atom is 0.233 e. The fourth-order valence-corrected chi connectivity index (χ4v) is 3.26. The van der Waals surface area contributed by atoms with Gasteiger partial charge in [-0.3, -0.25) is 14.5 Å². The van der Waals surface area contributed by atoms with Crippen LogP contribution in [0.1, 0.15) is 32.1 Å². The molecule has 1 N–H and O–H groups in total. The van der Waals surface area contributed by atoms with E-state index in [1.807, 2.05) is 12.2 Å². The zero-order valence-electron chi connectivity index (χ0n) is 10.5. The number of hydrogen-bond acceptors (Lipinski definition) is 3. The highest BCUT2D eigenvalue weighted by Crippen LogP contribution is 2.50. The highest BCUT2D eigenvalue weighted by Gasteiger charge is 2.52. The third kappa shape index (κ3) is 1.79. The molecule has 0 unspecified atom stereocenters. The van der Waals surface area contributed by atoms with E-state index in [4.69, 9.17) is 5.11 Å². The molecule has 3 rings (SSSR count). The Labute approximate surface area is 107 Å². The van der Waals surface area contributed by atoms with Crippen LogP contribution in [0, 0.1) is 17.3 Å². The van der Waals surface area contributed by atoms with Gasteiger partial charge in [0.15, 0.2) is 0 Å². The van der Waals surface area contributed by atoms with Gasteiger partial charge in [0.25, 0.3) is 0 Å². The molecule has 1 heterocycles. The summed E-state index contributed by atoms with van der Waals surface area (Å²) in [6, 6.07) is 0. The minimum Gasteiger partial charge on any atom is -0.396 e. The van der Waals surface area contributed by atoms with Crippen LogP contribution in [0.5, 0.6) is 0 Å². The zero-order chi connectivity index (χ0) is 12.8. The molecule has 2 amide bonds. The number of aliphatic hydroxyl groups excluding tert-OH is 1. The van der Waals surface area contributed by atoms with Gasteiger partial charge in [0.2, 0.25) is 11.8 Å². The Hall–Kier alpha value is -1.16. The number of allylic oxidation sites excluding steroid dienone is 2. The first kappa shape index (κ1) is 11.9. The van der Waals surface area contributed by atoms with Crippen molar-refractivity contribution in [2.24, 2.45) is 17.3 Å². The summed E-state index contributed by atoms with van der Waals surface area (Å²) in [4.78, 5) is 26.0. The van der Waals surface area contributed by atoms with Crippen molar-refractivity contribution in [3.05, 3.63) is 12.2 Å². The number of imide groups is 1. The summed E-state index contributed by atoms with van der Waals surface area (Å²) in [7, 11) is 0. The number of hydrogen-bond donors (Lipinski definition) is 1. The first-order chi connectivity index (χ1) is 8.67. The van der Waals surface area contributed by atoms with Crippen molar-refractivity contribution in [2.75, 3.05) is 13.2 Å². The van der Waals surface area contributed by atoms with Gasteiger partial charge in [0.1, 0.15) is 0 Å². The summed E-state index contributed by atoms with van der Waals surface area (Å²) in [6.45, 7) is 0.670. The molecular weight excluding hydrogens is 230 g/mol. The number of rotatable bonds is 4. The summed E-state index contributed by atoms with van der Waals surface area (Å²) in [5, 5.41) is 9.06. The lowest BCUT2D eigenvalue weighted by atomic mass is 9.85. The quantitative estimate of drug-likeness (QED) is 0.599. The third-order valence-corrected chi connectivity index (χ3v) is 4.69. The molecule has 0 aromatic heterocycles. The van der Waals surface area contributed by atoms with Crippen molar-refractivity contribution < 1.29 is 14.7 Å². The molecule has 0 spiro atoms. The fourth-order valence-electron chi connectivity index (χ4n) is 3.26. The first-order valence-electron chi connectivity index (χ1n) is 6.78. The number of carbonyl (C=O) groups is 2. The molecule has 0 aromatic rings.